The molecule has 0 bridgehead atoms. The molecule has 1 heterocycles. The minimum Gasteiger partial charge on any atom is -0.478 e. The van der Waals surface area contributed by atoms with E-state index in [4.69, 9.17) is 33.0 Å². The fourth-order valence-electron chi connectivity index (χ4n) is 1.28. The Kier molecular flexibility index (Phi) is 4.29. The summed E-state index contributed by atoms with van der Waals surface area (Å²) < 4.78 is 6.13. The number of hydrogen-bond acceptors (Lipinski definition) is 3. The molecule has 0 aliphatic heterocycles. The van der Waals surface area contributed by atoms with Gasteiger partial charge in [-0.1, -0.05) is 23.2 Å². The summed E-state index contributed by atoms with van der Waals surface area (Å²) in [6, 6.07) is 6.24. The van der Waals surface area contributed by atoms with Gasteiger partial charge in [-0.2, -0.15) is 0 Å². The molecule has 0 aliphatic rings. The van der Waals surface area contributed by atoms with Crippen molar-refractivity contribution in [3.05, 3.63) is 50.5 Å². The van der Waals surface area contributed by atoms with Crippen molar-refractivity contribution in [2.45, 2.75) is 0 Å². The number of aromatic nitrogens is 1. The number of aromatic carboxylic acids is 1. The summed E-state index contributed by atoms with van der Waals surface area (Å²) in [5.74, 6) is -0.509. The van der Waals surface area contributed by atoms with E-state index in [2.05, 4.69) is 20.9 Å². The van der Waals surface area contributed by atoms with Crippen LogP contribution >= 0.6 is 39.1 Å². The van der Waals surface area contributed by atoms with E-state index in [1.165, 1.54) is 12.3 Å². The molecule has 0 radical (unpaired) electrons. The third-order valence-corrected chi connectivity index (χ3v) is 3.28. The number of hydrogen-bond donors (Lipinski definition) is 1. The predicted molar refractivity (Wildman–Crippen MR) is 75.4 cm³/mol. The van der Waals surface area contributed by atoms with Gasteiger partial charge >= 0.3 is 5.97 Å². The Morgan fingerprint density at radius 3 is 2.63 bits per heavy atom. The van der Waals surface area contributed by atoms with Gasteiger partial charge in [0.2, 0.25) is 5.88 Å². The van der Waals surface area contributed by atoms with Crippen molar-refractivity contribution in [3.63, 3.8) is 0 Å². The first-order valence-electron chi connectivity index (χ1n) is 4.99. The Labute approximate surface area is 127 Å². The molecule has 0 aliphatic carbocycles. The van der Waals surface area contributed by atoms with E-state index in [-0.39, 0.29) is 16.5 Å². The molecule has 0 saturated carbocycles. The third-order valence-electron chi connectivity index (χ3n) is 2.15. The molecular weight excluding hydrogens is 357 g/mol. The first-order valence-corrected chi connectivity index (χ1v) is 6.54. The van der Waals surface area contributed by atoms with E-state index < -0.39 is 5.97 Å². The van der Waals surface area contributed by atoms with Crippen molar-refractivity contribution >= 4 is 45.1 Å². The number of halogens is 3. The highest BCUT2D eigenvalue weighted by Gasteiger charge is 2.11. The molecule has 7 heteroatoms. The Balaban J connectivity index is 2.31. The molecule has 98 valence electrons. The molecule has 1 aromatic carbocycles. The molecule has 1 N–H and O–H groups in total. The maximum Gasteiger partial charge on any atom is 0.337 e. The molecule has 0 amide bonds. The van der Waals surface area contributed by atoms with Gasteiger partial charge in [0.05, 0.1) is 10.0 Å². The van der Waals surface area contributed by atoms with Crippen LogP contribution in [0.1, 0.15) is 10.4 Å². The molecule has 0 unspecified atom stereocenters. The quantitative estimate of drug-likeness (QED) is 0.863. The van der Waals surface area contributed by atoms with Crippen LogP contribution in [0.3, 0.4) is 0 Å². The highest BCUT2D eigenvalue weighted by Crippen LogP contribution is 2.34. The van der Waals surface area contributed by atoms with Crippen LogP contribution in [-0.2, 0) is 0 Å². The van der Waals surface area contributed by atoms with Gasteiger partial charge in [0.25, 0.3) is 0 Å². The summed E-state index contributed by atoms with van der Waals surface area (Å²) in [6.07, 6.45) is 1.17. The average molecular weight is 363 g/mol. The molecule has 2 aromatic rings. The van der Waals surface area contributed by atoms with Crippen molar-refractivity contribution in [1.29, 1.82) is 0 Å². The number of carboxylic acids is 1. The molecule has 19 heavy (non-hydrogen) atoms. The van der Waals surface area contributed by atoms with Crippen molar-refractivity contribution < 1.29 is 14.6 Å². The van der Waals surface area contributed by atoms with E-state index in [0.717, 1.165) is 0 Å². The topological polar surface area (TPSA) is 59.4 Å². The molecule has 2 rings (SSSR count). The zero-order chi connectivity index (χ0) is 14.0. The Morgan fingerprint density at radius 1 is 1.32 bits per heavy atom. The predicted octanol–water partition coefficient (Wildman–Crippen LogP) is 4.64. The maximum atomic E-state index is 10.8. The monoisotopic (exact) mass is 361 g/mol. The van der Waals surface area contributed by atoms with E-state index in [1.54, 1.807) is 18.2 Å². The second kappa shape index (κ2) is 5.77. The van der Waals surface area contributed by atoms with Gasteiger partial charge in [-0.15, -0.1) is 0 Å². The van der Waals surface area contributed by atoms with Gasteiger partial charge in [-0.05, 0) is 40.2 Å². The molecule has 0 spiro atoms. The Bertz CT molecular complexity index is 649. The first-order chi connectivity index (χ1) is 8.97. The lowest BCUT2D eigenvalue weighted by Gasteiger charge is -2.08. The fraction of sp³-hybridized carbons (Fsp3) is 0. The lowest BCUT2D eigenvalue weighted by atomic mass is 10.3. The Morgan fingerprint density at radius 2 is 2.05 bits per heavy atom. The average Bonchev–Trinajstić information content (AvgIpc) is 2.34. The summed E-state index contributed by atoms with van der Waals surface area (Å²) in [4.78, 5) is 14.6. The number of benzene rings is 1. The van der Waals surface area contributed by atoms with Crippen molar-refractivity contribution in [3.8, 4) is 11.6 Å². The molecular formula is C12H6BrCl2NO3. The van der Waals surface area contributed by atoms with E-state index in [0.29, 0.717) is 15.2 Å². The lowest BCUT2D eigenvalue weighted by Crippen LogP contribution is -1.98. The zero-order valence-electron chi connectivity index (χ0n) is 9.23. The minimum atomic E-state index is -1.10. The van der Waals surface area contributed by atoms with Crippen molar-refractivity contribution in [2.75, 3.05) is 0 Å². The Hall–Kier alpha value is -1.30. The number of carbonyl (C=O) groups is 1. The van der Waals surface area contributed by atoms with Gasteiger partial charge in [0.1, 0.15) is 10.8 Å². The SMILES string of the molecule is O=C(O)c1cnc(Oc2ccc(Cl)cc2Br)c(Cl)c1. The van der Waals surface area contributed by atoms with Crippen LogP contribution < -0.4 is 4.74 Å². The minimum absolute atomic E-state index is 0.00692. The number of rotatable bonds is 3. The van der Waals surface area contributed by atoms with Crippen LogP contribution in [0.5, 0.6) is 11.6 Å². The fourth-order valence-corrected chi connectivity index (χ4v) is 2.25. The number of nitrogens with zero attached hydrogens (tertiary/aromatic N) is 1. The van der Waals surface area contributed by atoms with Gasteiger partial charge in [0, 0.05) is 11.2 Å². The molecule has 0 fully saturated rings. The molecule has 4 nitrogen and oxygen atoms in total. The van der Waals surface area contributed by atoms with E-state index in [9.17, 15) is 4.79 Å². The van der Waals surface area contributed by atoms with Gasteiger partial charge in [0.15, 0.2) is 0 Å². The van der Waals surface area contributed by atoms with Gasteiger partial charge in [-0.25, -0.2) is 9.78 Å². The van der Waals surface area contributed by atoms with Crippen LogP contribution in [0, 0.1) is 0 Å². The summed E-state index contributed by atoms with van der Waals surface area (Å²) in [7, 11) is 0. The summed E-state index contributed by atoms with van der Waals surface area (Å²) >= 11 is 15.0. The van der Waals surface area contributed by atoms with E-state index >= 15 is 0 Å². The molecule has 1 aromatic heterocycles. The first kappa shape index (κ1) is 14.1. The van der Waals surface area contributed by atoms with Gasteiger partial charge < -0.3 is 9.84 Å². The summed E-state index contributed by atoms with van der Waals surface area (Å²) in [6.45, 7) is 0. The van der Waals surface area contributed by atoms with E-state index in [1.807, 2.05) is 0 Å². The van der Waals surface area contributed by atoms with Crippen LogP contribution in [-0.4, -0.2) is 16.1 Å². The molecule has 0 saturated heterocycles. The maximum absolute atomic E-state index is 10.8. The van der Waals surface area contributed by atoms with Gasteiger partial charge in [-0.3, -0.25) is 0 Å². The summed E-state index contributed by atoms with van der Waals surface area (Å²) in [5, 5.41) is 9.47. The van der Waals surface area contributed by atoms with Crippen LogP contribution in [0.2, 0.25) is 10.0 Å². The number of carboxylic acid groups (broad SMARTS) is 1. The highest BCUT2D eigenvalue weighted by molar-refractivity contribution is 9.10. The zero-order valence-corrected chi connectivity index (χ0v) is 12.3. The largest absolute Gasteiger partial charge is 0.478 e. The van der Waals surface area contributed by atoms with Crippen LogP contribution in [0.15, 0.2) is 34.9 Å². The van der Waals surface area contributed by atoms with Crippen LogP contribution in [0.25, 0.3) is 0 Å². The molecule has 0 atom stereocenters. The smallest absolute Gasteiger partial charge is 0.337 e. The lowest BCUT2D eigenvalue weighted by molar-refractivity contribution is 0.0696. The third kappa shape index (κ3) is 3.37. The van der Waals surface area contributed by atoms with Crippen molar-refractivity contribution in [2.24, 2.45) is 0 Å². The van der Waals surface area contributed by atoms with Crippen molar-refractivity contribution in [1.82, 2.24) is 4.98 Å². The second-order valence-corrected chi connectivity index (χ2v) is 5.19. The number of ether oxygens (including phenoxy) is 1. The highest BCUT2D eigenvalue weighted by atomic mass is 79.9. The number of pyridine rings is 1. The second-order valence-electron chi connectivity index (χ2n) is 3.49. The standard InChI is InChI=1S/C12H6BrCl2NO3/c13-8-4-7(14)1-2-10(8)19-11-9(15)3-6(5-16-11)12(17)18/h1-5H,(H,17,18). The summed E-state index contributed by atoms with van der Waals surface area (Å²) in [5.41, 5.74) is -0.00692. The van der Waals surface area contributed by atoms with Crippen LogP contribution in [0.4, 0.5) is 0 Å². The normalized spacial score (nSPS) is 10.3.